The fourth-order valence-corrected chi connectivity index (χ4v) is 1.68. The van der Waals surface area contributed by atoms with Gasteiger partial charge in [0.15, 0.2) is 5.69 Å². The Morgan fingerprint density at radius 1 is 1.39 bits per heavy atom. The number of carbonyl (C=O) groups is 2. The Bertz CT molecular complexity index is 600. The molecule has 0 fully saturated rings. The molecule has 0 aliphatic heterocycles. The van der Waals surface area contributed by atoms with Crippen molar-refractivity contribution in [3.05, 3.63) is 41.5 Å². The molecule has 0 atom stereocenters. The Balaban J connectivity index is 2.34. The Kier molecular flexibility index (Phi) is 3.28. The molecule has 0 bridgehead atoms. The zero-order valence-corrected chi connectivity index (χ0v) is 9.57. The van der Waals surface area contributed by atoms with Crippen LogP contribution in [0, 0.1) is 5.82 Å². The molecule has 1 aromatic heterocycles. The first-order valence-electron chi connectivity index (χ1n) is 4.70. The number of nitrogens with zero attached hydrogens (tertiary/aromatic N) is 2. The number of benzene rings is 1. The fraction of sp³-hybridized carbons (Fsp3) is 0. The highest BCUT2D eigenvalue weighted by atomic mass is 32.1. The zero-order chi connectivity index (χ0) is 13.1. The van der Waals surface area contributed by atoms with Crippen molar-refractivity contribution >= 4 is 29.3 Å². The summed E-state index contributed by atoms with van der Waals surface area (Å²) >= 11 is 0.822. The van der Waals surface area contributed by atoms with E-state index < -0.39 is 17.7 Å². The van der Waals surface area contributed by atoms with Crippen LogP contribution in [0.4, 0.5) is 10.1 Å². The van der Waals surface area contributed by atoms with Crippen molar-refractivity contribution in [2.24, 2.45) is 0 Å². The van der Waals surface area contributed by atoms with Crippen molar-refractivity contribution in [2.75, 3.05) is 5.32 Å². The molecule has 0 aliphatic rings. The minimum absolute atomic E-state index is 0.000378. The van der Waals surface area contributed by atoms with Gasteiger partial charge in [-0.25, -0.2) is 9.18 Å². The molecule has 0 spiro atoms. The molecule has 18 heavy (non-hydrogen) atoms. The van der Waals surface area contributed by atoms with Gasteiger partial charge in [0, 0.05) is 0 Å². The number of nitrogens with one attached hydrogen (secondary N) is 1. The number of amides is 1. The van der Waals surface area contributed by atoms with Crippen molar-refractivity contribution < 1.29 is 19.1 Å². The summed E-state index contributed by atoms with van der Waals surface area (Å²) in [6.45, 7) is 0. The summed E-state index contributed by atoms with van der Waals surface area (Å²) in [5, 5.41) is 11.1. The maximum atomic E-state index is 13.5. The van der Waals surface area contributed by atoms with Gasteiger partial charge in [-0.3, -0.25) is 4.79 Å². The second-order valence-corrected chi connectivity index (χ2v) is 3.77. The lowest BCUT2D eigenvalue weighted by atomic mass is 10.1. The maximum Gasteiger partial charge on any atom is 0.337 e. The van der Waals surface area contributed by atoms with Crippen LogP contribution in [-0.2, 0) is 0 Å². The summed E-state index contributed by atoms with van der Waals surface area (Å²) < 4.78 is 20.8. The minimum Gasteiger partial charge on any atom is -0.478 e. The first kappa shape index (κ1) is 12.1. The Morgan fingerprint density at radius 2 is 2.17 bits per heavy atom. The van der Waals surface area contributed by atoms with Gasteiger partial charge in [0.1, 0.15) is 5.82 Å². The Labute approximate surface area is 104 Å². The summed E-state index contributed by atoms with van der Waals surface area (Å²) in [5.41, 5.74) is -0.714. The standard InChI is InChI=1S/C10H6FN3O3S/c11-6-3-1-2-5(10(16)17)8(6)13-9(15)7-4-12-18-14-7/h1-4H,(H,13,15)(H,16,17). The lowest BCUT2D eigenvalue weighted by molar-refractivity contribution is 0.0697. The number of carboxylic acids is 1. The number of hydrogen-bond acceptors (Lipinski definition) is 5. The second-order valence-electron chi connectivity index (χ2n) is 3.21. The van der Waals surface area contributed by atoms with Crippen LogP contribution in [0.25, 0.3) is 0 Å². The van der Waals surface area contributed by atoms with E-state index in [1.807, 2.05) is 0 Å². The van der Waals surface area contributed by atoms with Crippen LogP contribution in [0.15, 0.2) is 24.4 Å². The lowest BCUT2D eigenvalue weighted by Gasteiger charge is -2.07. The summed E-state index contributed by atoms with van der Waals surface area (Å²) in [4.78, 5) is 22.5. The van der Waals surface area contributed by atoms with Crippen molar-refractivity contribution in [3.8, 4) is 0 Å². The van der Waals surface area contributed by atoms with E-state index in [9.17, 15) is 14.0 Å². The van der Waals surface area contributed by atoms with E-state index >= 15 is 0 Å². The smallest absolute Gasteiger partial charge is 0.337 e. The quantitative estimate of drug-likeness (QED) is 0.881. The van der Waals surface area contributed by atoms with E-state index in [1.54, 1.807) is 0 Å². The molecule has 8 heteroatoms. The molecular formula is C10H6FN3O3S. The van der Waals surface area contributed by atoms with Crippen LogP contribution in [0.2, 0.25) is 0 Å². The number of anilines is 1. The second kappa shape index (κ2) is 4.88. The third kappa shape index (κ3) is 2.33. The molecule has 2 N–H and O–H groups in total. The fourth-order valence-electron chi connectivity index (χ4n) is 1.27. The molecule has 6 nitrogen and oxygen atoms in total. The molecule has 2 rings (SSSR count). The van der Waals surface area contributed by atoms with Crippen LogP contribution < -0.4 is 5.32 Å². The van der Waals surface area contributed by atoms with Crippen molar-refractivity contribution in [1.82, 2.24) is 8.75 Å². The largest absolute Gasteiger partial charge is 0.478 e. The van der Waals surface area contributed by atoms with E-state index in [0.717, 1.165) is 17.8 Å². The van der Waals surface area contributed by atoms with Crippen LogP contribution in [-0.4, -0.2) is 25.7 Å². The highest BCUT2D eigenvalue weighted by Gasteiger charge is 2.18. The van der Waals surface area contributed by atoms with Crippen LogP contribution in [0.1, 0.15) is 20.8 Å². The van der Waals surface area contributed by atoms with E-state index in [-0.39, 0.29) is 16.9 Å². The van der Waals surface area contributed by atoms with Crippen LogP contribution >= 0.6 is 11.7 Å². The number of halogens is 1. The van der Waals surface area contributed by atoms with E-state index in [1.165, 1.54) is 18.3 Å². The first-order valence-corrected chi connectivity index (χ1v) is 5.43. The van der Waals surface area contributed by atoms with Crippen LogP contribution in [0.3, 0.4) is 0 Å². The molecule has 1 aromatic carbocycles. The molecule has 0 saturated heterocycles. The average Bonchev–Trinajstić information content (AvgIpc) is 2.85. The molecule has 92 valence electrons. The van der Waals surface area contributed by atoms with E-state index in [0.29, 0.717) is 0 Å². The highest BCUT2D eigenvalue weighted by molar-refractivity contribution is 6.99. The third-order valence-corrected chi connectivity index (χ3v) is 2.55. The highest BCUT2D eigenvalue weighted by Crippen LogP contribution is 2.20. The van der Waals surface area contributed by atoms with Crippen molar-refractivity contribution in [1.29, 1.82) is 0 Å². The van der Waals surface area contributed by atoms with E-state index in [4.69, 9.17) is 5.11 Å². The molecular weight excluding hydrogens is 261 g/mol. The number of aromatic nitrogens is 2. The van der Waals surface area contributed by atoms with Gasteiger partial charge in [-0.05, 0) is 12.1 Å². The molecule has 1 amide bonds. The normalized spacial score (nSPS) is 10.1. The predicted molar refractivity (Wildman–Crippen MR) is 61.2 cm³/mol. The van der Waals surface area contributed by atoms with Crippen molar-refractivity contribution in [2.45, 2.75) is 0 Å². The zero-order valence-electron chi connectivity index (χ0n) is 8.75. The molecule has 1 heterocycles. The maximum absolute atomic E-state index is 13.5. The molecule has 0 saturated carbocycles. The molecule has 0 unspecified atom stereocenters. The molecule has 0 aliphatic carbocycles. The number of aromatic carboxylic acids is 1. The summed E-state index contributed by atoms with van der Waals surface area (Å²) in [6, 6.07) is 3.50. The number of carboxylic acid groups (broad SMARTS) is 1. The van der Waals surface area contributed by atoms with Crippen molar-refractivity contribution in [3.63, 3.8) is 0 Å². The van der Waals surface area contributed by atoms with Gasteiger partial charge >= 0.3 is 5.97 Å². The molecule has 0 radical (unpaired) electrons. The van der Waals surface area contributed by atoms with E-state index in [2.05, 4.69) is 14.1 Å². The number of carbonyl (C=O) groups excluding carboxylic acids is 1. The Morgan fingerprint density at radius 3 is 2.78 bits per heavy atom. The van der Waals surface area contributed by atoms with Crippen LogP contribution in [0.5, 0.6) is 0 Å². The monoisotopic (exact) mass is 267 g/mol. The number of rotatable bonds is 3. The summed E-state index contributed by atoms with van der Waals surface area (Å²) in [5.74, 6) is -2.87. The van der Waals surface area contributed by atoms with Gasteiger partial charge in [0.2, 0.25) is 0 Å². The van der Waals surface area contributed by atoms with Gasteiger partial charge in [-0.2, -0.15) is 8.75 Å². The Hall–Kier alpha value is -2.35. The SMILES string of the molecule is O=C(Nc1c(F)cccc1C(=O)O)c1cnsn1. The summed E-state index contributed by atoms with van der Waals surface area (Å²) in [6.07, 6.45) is 1.21. The lowest BCUT2D eigenvalue weighted by Crippen LogP contribution is -2.16. The van der Waals surface area contributed by atoms with Gasteiger partial charge in [0.05, 0.1) is 29.2 Å². The van der Waals surface area contributed by atoms with Gasteiger partial charge in [-0.15, -0.1) is 0 Å². The molecule has 2 aromatic rings. The first-order chi connectivity index (χ1) is 8.59. The topological polar surface area (TPSA) is 92.2 Å². The number of hydrogen-bond donors (Lipinski definition) is 2. The summed E-state index contributed by atoms with van der Waals surface area (Å²) in [7, 11) is 0. The number of para-hydroxylation sites is 1. The van der Waals surface area contributed by atoms with Gasteiger partial charge in [-0.1, -0.05) is 6.07 Å². The minimum atomic E-state index is -1.33. The van der Waals surface area contributed by atoms with Gasteiger partial charge < -0.3 is 10.4 Å². The van der Waals surface area contributed by atoms with Gasteiger partial charge in [0.25, 0.3) is 5.91 Å². The predicted octanol–water partition coefficient (Wildman–Crippen LogP) is 1.63. The third-order valence-electron chi connectivity index (χ3n) is 2.08. The average molecular weight is 267 g/mol.